The van der Waals surface area contributed by atoms with Gasteiger partial charge in [0.2, 0.25) is 5.95 Å². The molecule has 1 aromatic carbocycles. The van der Waals surface area contributed by atoms with Crippen molar-refractivity contribution in [1.82, 2.24) is 9.97 Å². The molecule has 1 aromatic heterocycles. The van der Waals surface area contributed by atoms with E-state index in [2.05, 4.69) is 9.97 Å². The normalized spacial score (nSPS) is 13.3. The quantitative estimate of drug-likeness (QED) is 0.555. The molecule has 2 N–H and O–H groups in total. The molecule has 7 nitrogen and oxygen atoms in total. The van der Waals surface area contributed by atoms with Gasteiger partial charge in [-0.15, -0.1) is 0 Å². The third-order valence-corrected chi connectivity index (χ3v) is 4.59. The van der Waals surface area contributed by atoms with Gasteiger partial charge in [0.25, 0.3) is 0 Å². The van der Waals surface area contributed by atoms with E-state index in [9.17, 15) is 9.59 Å². The molecule has 3 rings (SSSR count). The SMILES string of the molecule is O=C(O)C(C/C=C/Cc1cc(Cl)cc2c1N(c1ncccn1)CC2)C(=O)O. The molecule has 0 atom stereocenters. The Kier molecular flexibility index (Phi) is 5.71. The number of carboxylic acids is 2. The lowest BCUT2D eigenvalue weighted by atomic mass is 10.0. The third kappa shape index (κ3) is 4.25. The number of benzene rings is 1. The zero-order valence-electron chi connectivity index (χ0n) is 14.4. The summed E-state index contributed by atoms with van der Waals surface area (Å²) in [6.07, 6.45) is 7.98. The van der Waals surface area contributed by atoms with Crippen molar-refractivity contribution in [2.75, 3.05) is 11.4 Å². The molecular weight excluding hydrogens is 370 g/mol. The Hall–Kier alpha value is -2.93. The standard InChI is InChI=1S/C19H18ClN3O4/c20-14-10-12(4-1-2-5-15(17(24)25)18(26)27)16-13(11-14)6-9-23(16)19-21-7-3-8-22-19/h1-3,7-8,10-11,15H,4-6,9H2,(H,24,25)(H,26,27)/b2-1+. The maximum Gasteiger partial charge on any atom is 0.318 e. The number of aliphatic carboxylic acids is 2. The number of halogens is 1. The number of nitrogens with zero attached hydrogens (tertiary/aromatic N) is 3. The number of carbonyl (C=O) groups is 2. The van der Waals surface area contributed by atoms with Crippen LogP contribution in [0.25, 0.3) is 0 Å². The molecule has 0 unspecified atom stereocenters. The summed E-state index contributed by atoms with van der Waals surface area (Å²) in [7, 11) is 0. The number of allylic oxidation sites excluding steroid dienone is 2. The van der Waals surface area contributed by atoms with Crippen LogP contribution in [0, 0.1) is 5.92 Å². The van der Waals surface area contributed by atoms with Crippen LogP contribution in [0.2, 0.25) is 5.02 Å². The van der Waals surface area contributed by atoms with Crippen LogP contribution in [0.1, 0.15) is 17.5 Å². The molecule has 1 aliphatic rings. The second kappa shape index (κ2) is 8.18. The Morgan fingerprint density at radius 2 is 1.89 bits per heavy atom. The highest BCUT2D eigenvalue weighted by atomic mass is 35.5. The molecule has 0 spiro atoms. The number of carboxylic acid groups (broad SMARTS) is 2. The average Bonchev–Trinajstić information content (AvgIpc) is 3.05. The molecule has 2 aromatic rings. The fourth-order valence-electron chi connectivity index (χ4n) is 3.13. The summed E-state index contributed by atoms with van der Waals surface area (Å²) in [6.45, 7) is 0.747. The Morgan fingerprint density at radius 1 is 1.19 bits per heavy atom. The maximum absolute atomic E-state index is 11.0. The van der Waals surface area contributed by atoms with E-state index >= 15 is 0 Å². The molecule has 0 amide bonds. The van der Waals surface area contributed by atoms with E-state index in [1.54, 1.807) is 30.6 Å². The van der Waals surface area contributed by atoms with E-state index in [1.165, 1.54) is 0 Å². The second-order valence-corrected chi connectivity index (χ2v) is 6.60. The highest BCUT2D eigenvalue weighted by Gasteiger charge is 2.26. The monoisotopic (exact) mass is 387 g/mol. The Morgan fingerprint density at radius 3 is 2.56 bits per heavy atom. The first-order valence-corrected chi connectivity index (χ1v) is 8.81. The first-order chi connectivity index (χ1) is 13.0. The van der Waals surface area contributed by atoms with Crippen LogP contribution in [0.15, 0.2) is 42.7 Å². The lowest BCUT2D eigenvalue weighted by Gasteiger charge is -2.20. The highest BCUT2D eigenvalue weighted by Crippen LogP contribution is 2.38. The van der Waals surface area contributed by atoms with Gasteiger partial charge in [-0.2, -0.15) is 0 Å². The Labute approximate surface area is 160 Å². The predicted molar refractivity (Wildman–Crippen MR) is 100 cm³/mol. The molecule has 0 radical (unpaired) electrons. The van der Waals surface area contributed by atoms with E-state index in [1.807, 2.05) is 17.0 Å². The van der Waals surface area contributed by atoms with Gasteiger partial charge in [-0.1, -0.05) is 23.8 Å². The number of rotatable bonds is 7. The second-order valence-electron chi connectivity index (χ2n) is 6.16. The van der Waals surface area contributed by atoms with Crippen LogP contribution >= 0.6 is 11.6 Å². The molecule has 8 heteroatoms. The van der Waals surface area contributed by atoms with E-state index in [0.717, 1.165) is 29.8 Å². The molecule has 1 aliphatic heterocycles. The molecule has 2 heterocycles. The van der Waals surface area contributed by atoms with Gasteiger partial charge in [-0.05, 0) is 48.6 Å². The number of hydrogen-bond acceptors (Lipinski definition) is 5. The van der Waals surface area contributed by atoms with Crippen molar-refractivity contribution in [3.05, 3.63) is 58.9 Å². The summed E-state index contributed by atoms with van der Waals surface area (Å²) in [4.78, 5) is 32.6. The van der Waals surface area contributed by atoms with Gasteiger partial charge in [0, 0.05) is 24.0 Å². The Bertz CT molecular complexity index is 872. The van der Waals surface area contributed by atoms with Crippen LogP contribution < -0.4 is 4.90 Å². The summed E-state index contributed by atoms with van der Waals surface area (Å²) in [5.41, 5.74) is 3.07. The first kappa shape index (κ1) is 18.8. The molecule has 140 valence electrons. The van der Waals surface area contributed by atoms with Crippen molar-refractivity contribution >= 4 is 35.2 Å². The molecular formula is C19H18ClN3O4. The lowest BCUT2D eigenvalue weighted by Crippen LogP contribution is -2.22. The van der Waals surface area contributed by atoms with Gasteiger partial charge in [-0.25, -0.2) is 9.97 Å². The van der Waals surface area contributed by atoms with Crippen LogP contribution in [0.5, 0.6) is 0 Å². The summed E-state index contributed by atoms with van der Waals surface area (Å²) in [6, 6.07) is 5.54. The van der Waals surface area contributed by atoms with Crippen molar-refractivity contribution in [3.63, 3.8) is 0 Å². The summed E-state index contributed by atoms with van der Waals surface area (Å²) < 4.78 is 0. The van der Waals surface area contributed by atoms with Crippen molar-refractivity contribution in [3.8, 4) is 0 Å². The number of hydrogen-bond donors (Lipinski definition) is 2. The largest absolute Gasteiger partial charge is 0.481 e. The fourth-order valence-corrected chi connectivity index (χ4v) is 3.40. The number of fused-ring (bicyclic) bond motifs is 1. The zero-order chi connectivity index (χ0) is 19.4. The topological polar surface area (TPSA) is 104 Å². The minimum absolute atomic E-state index is 0.0705. The molecule has 27 heavy (non-hydrogen) atoms. The summed E-state index contributed by atoms with van der Waals surface area (Å²) in [5, 5.41) is 18.5. The lowest BCUT2D eigenvalue weighted by molar-refractivity contribution is -0.154. The van der Waals surface area contributed by atoms with Gasteiger partial charge in [0.1, 0.15) is 0 Å². The van der Waals surface area contributed by atoms with Gasteiger partial charge in [0.15, 0.2) is 5.92 Å². The van der Waals surface area contributed by atoms with Crippen LogP contribution in [-0.4, -0.2) is 38.7 Å². The number of anilines is 2. The van der Waals surface area contributed by atoms with E-state index < -0.39 is 17.9 Å². The minimum atomic E-state index is -1.44. The molecule has 0 saturated heterocycles. The smallest absolute Gasteiger partial charge is 0.318 e. The molecule has 0 bridgehead atoms. The minimum Gasteiger partial charge on any atom is -0.481 e. The van der Waals surface area contributed by atoms with Gasteiger partial charge in [0.05, 0.1) is 5.69 Å². The van der Waals surface area contributed by atoms with Crippen molar-refractivity contribution in [1.29, 1.82) is 0 Å². The number of aromatic nitrogens is 2. The zero-order valence-corrected chi connectivity index (χ0v) is 15.1. The van der Waals surface area contributed by atoms with E-state index in [-0.39, 0.29) is 6.42 Å². The Balaban J connectivity index is 1.82. The van der Waals surface area contributed by atoms with Crippen LogP contribution in [-0.2, 0) is 22.4 Å². The maximum atomic E-state index is 11.0. The van der Waals surface area contributed by atoms with Gasteiger partial charge >= 0.3 is 11.9 Å². The molecule has 0 aliphatic carbocycles. The summed E-state index contributed by atoms with van der Waals surface area (Å²) in [5.74, 6) is -3.52. The molecule has 0 saturated carbocycles. The van der Waals surface area contributed by atoms with E-state index in [4.69, 9.17) is 21.8 Å². The van der Waals surface area contributed by atoms with Crippen molar-refractivity contribution in [2.45, 2.75) is 19.3 Å². The van der Waals surface area contributed by atoms with Crippen LogP contribution in [0.3, 0.4) is 0 Å². The van der Waals surface area contributed by atoms with E-state index in [0.29, 0.717) is 17.4 Å². The third-order valence-electron chi connectivity index (χ3n) is 4.37. The van der Waals surface area contributed by atoms with Crippen molar-refractivity contribution < 1.29 is 19.8 Å². The highest BCUT2D eigenvalue weighted by molar-refractivity contribution is 6.30. The van der Waals surface area contributed by atoms with Gasteiger partial charge in [-0.3, -0.25) is 9.59 Å². The predicted octanol–water partition coefficient (Wildman–Crippen LogP) is 3.10. The average molecular weight is 388 g/mol. The fraction of sp³-hybridized carbons (Fsp3) is 0.263. The van der Waals surface area contributed by atoms with Crippen molar-refractivity contribution in [2.24, 2.45) is 5.92 Å². The summed E-state index contributed by atoms with van der Waals surface area (Å²) >= 11 is 6.24. The van der Waals surface area contributed by atoms with Crippen LogP contribution in [0.4, 0.5) is 11.6 Å². The first-order valence-electron chi connectivity index (χ1n) is 8.44. The van der Waals surface area contributed by atoms with Gasteiger partial charge < -0.3 is 15.1 Å². The molecule has 0 fully saturated rings.